The first-order valence-corrected chi connectivity index (χ1v) is 9.31. The molecule has 3 N–H and O–H groups in total. The van der Waals surface area contributed by atoms with E-state index in [2.05, 4.69) is 19.3 Å². The summed E-state index contributed by atoms with van der Waals surface area (Å²) in [6.45, 7) is 4.55. The van der Waals surface area contributed by atoms with Gasteiger partial charge in [0.15, 0.2) is 0 Å². The Balaban J connectivity index is 3.28. The molecule has 0 aromatic rings. The zero-order chi connectivity index (χ0) is 14.9. The second-order valence-corrected chi connectivity index (χ2v) is 6.33. The molecule has 0 aromatic heterocycles. The van der Waals surface area contributed by atoms with E-state index in [1.807, 2.05) is 0 Å². The van der Waals surface area contributed by atoms with Gasteiger partial charge in [0, 0.05) is 6.04 Å². The first-order chi connectivity index (χ1) is 9.85. The van der Waals surface area contributed by atoms with E-state index in [0.29, 0.717) is 6.04 Å². The van der Waals surface area contributed by atoms with Gasteiger partial charge in [-0.1, -0.05) is 97.3 Å². The van der Waals surface area contributed by atoms with Crippen LogP contribution in [0.25, 0.3) is 0 Å². The Hall–Kier alpha value is -0.0800. The van der Waals surface area contributed by atoms with Crippen LogP contribution in [-0.4, -0.2) is 6.04 Å². The summed E-state index contributed by atoms with van der Waals surface area (Å²) in [5.41, 5.74) is 3.01. The highest BCUT2D eigenvalue weighted by molar-refractivity contribution is 4.64. The van der Waals surface area contributed by atoms with Crippen molar-refractivity contribution < 1.29 is 0 Å². The van der Waals surface area contributed by atoms with Gasteiger partial charge in [0.2, 0.25) is 0 Å². The van der Waals surface area contributed by atoms with Crippen LogP contribution in [0.5, 0.6) is 0 Å². The van der Waals surface area contributed by atoms with Crippen molar-refractivity contribution in [3.8, 4) is 0 Å². The Bertz CT molecular complexity index is 171. The SMILES string of the molecule is CCCCCCCCCCC(CCCCCCC)NN. The predicted molar refractivity (Wildman–Crippen MR) is 91.7 cm³/mol. The zero-order valence-electron chi connectivity index (χ0n) is 14.3. The Morgan fingerprint density at radius 3 is 1.30 bits per heavy atom. The lowest BCUT2D eigenvalue weighted by atomic mass is 10.0. The number of unbranched alkanes of at least 4 members (excludes halogenated alkanes) is 11. The largest absolute Gasteiger partial charge is 0.271 e. The lowest BCUT2D eigenvalue weighted by Crippen LogP contribution is -2.34. The molecule has 1 atom stereocenters. The zero-order valence-corrected chi connectivity index (χ0v) is 14.3. The number of hydrogen-bond donors (Lipinski definition) is 2. The summed E-state index contributed by atoms with van der Waals surface area (Å²) in [6, 6.07) is 0.553. The molecule has 0 spiro atoms. The van der Waals surface area contributed by atoms with Gasteiger partial charge in [0.25, 0.3) is 0 Å². The van der Waals surface area contributed by atoms with Crippen molar-refractivity contribution >= 4 is 0 Å². The topological polar surface area (TPSA) is 38.0 Å². The third-order valence-corrected chi connectivity index (χ3v) is 4.30. The fraction of sp³-hybridized carbons (Fsp3) is 1.00. The second-order valence-electron chi connectivity index (χ2n) is 6.33. The number of rotatable bonds is 16. The van der Waals surface area contributed by atoms with Crippen LogP contribution in [0.3, 0.4) is 0 Å². The van der Waals surface area contributed by atoms with E-state index in [-0.39, 0.29) is 0 Å². The van der Waals surface area contributed by atoms with Crippen molar-refractivity contribution in [3.63, 3.8) is 0 Å². The quantitative estimate of drug-likeness (QED) is 0.216. The van der Waals surface area contributed by atoms with Gasteiger partial charge in [-0.25, -0.2) is 0 Å². The molecule has 0 aliphatic heterocycles. The summed E-state index contributed by atoms with van der Waals surface area (Å²) < 4.78 is 0. The maximum absolute atomic E-state index is 5.66. The Kier molecular flexibility index (Phi) is 16.9. The van der Waals surface area contributed by atoms with E-state index in [4.69, 9.17) is 5.84 Å². The molecule has 0 aromatic carbocycles. The maximum Gasteiger partial charge on any atom is 0.0210 e. The van der Waals surface area contributed by atoms with Crippen molar-refractivity contribution in [1.82, 2.24) is 5.43 Å². The molecule has 20 heavy (non-hydrogen) atoms. The third-order valence-electron chi connectivity index (χ3n) is 4.30. The van der Waals surface area contributed by atoms with Gasteiger partial charge >= 0.3 is 0 Å². The average Bonchev–Trinajstić information content (AvgIpc) is 2.47. The summed E-state index contributed by atoms with van der Waals surface area (Å²) in [5.74, 6) is 5.66. The molecule has 0 saturated heterocycles. The van der Waals surface area contributed by atoms with Crippen LogP contribution in [0.4, 0.5) is 0 Å². The summed E-state index contributed by atoms with van der Waals surface area (Å²) in [4.78, 5) is 0. The Morgan fingerprint density at radius 2 is 0.950 bits per heavy atom. The lowest BCUT2D eigenvalue weighted by molar-refractivity contribution is 0.419. The van der Waals surface area contributed by atoms with Crippen LogP contribution >= 0.6 is 0 Å². The van der Waals surface area contributed by atoms with Gasteiger partial charge in [-0.2, -0.15) is 0 Å². The van der Waals surface area contributed by atoms with Gasteiger partial charge in [-0.05, 0) is 12.8 Å². The molecule has 0 aliphatic carbocycles. The second kappa shape index (κ2) is 17.0. The number of nitrogens with one attached hydrogen (secondary N) is 1. The molecule has 122 valence electrons. The highest BCUT2D eigenvalue weighted by atomic mass is 15.2. The van der Waals surface area contributed by atoms with E-state index >= 15 is 0 Å². The minimum atomic E-state index is 0.553. The fourth-order valence-electron chi connectivity index (χ4n) is 2.83. The first kappa shape index (κ1) is 19.9. The smallest absolute Gasteiger partial charge is 0.0210 e. The molecular formula is C18H40N2. The van der Waals surface area contributed by atoms with Gasteiger partial charge in [0.05, 0.1) is 0 Å². The van der Waals surface area contributed by atoms with Crippen LogP contribution in [0.1, 0.15) is 110 Å². The fourth-order valence-corrected chi connectivity index (χ4v) is 2.83. The first-order valence-electron chi connectivity index (χ1n) is 9.31. The maximum atomic E-state index is 5.66. The van der Waals surface area contributed by atoms with E-state index in [0.717, 1.165) is 0 Å². The van der Waals surface area contributed by atoms with Crippen LogP contribution < -0.4 is 11.3 Å². The van der Waals surface area contributed by atoms with Gasteiger partial charge in [0.1, 0.15) is 0 Å². The third kappa shape index (κ3) is 14.3. The monoisotopic (exact) mass is 284 g/mol. The summed E-state index contributed by atoms with van der Waals surface area (Å²) >= 11 is 0. The molecule has 0 fully saturated rings. The van der Waals surface area contributed by atoms with Crippen molar-refractivity contribution in [2.75, 3.05) is 0 Å². The molecule has 0 rings (SSSR count). The number of hydrazine groups is 1. The van der Waals surface area contributed by atoms with E-state index in [1.54, 1.807) is 0 Å². The van der Waals surface area contributed by atoms with Gasteiger partial charge < -0.3 is 0 Å². The van der Waals surface area contributed by atoms with Crippen molar-refractivity contribution in [2.24, 2.45) is 5.84 Å². The normalized spacial score (nSPS) is 12.8. The van der Waals surface area contributed by atoms with Gasteiger partial charge in [-0.15, -0.1) is 0 Å². The Labute approximate surface area is 128 Å². The van der Waals surface area contributed by atoms with Crippen LogP contribution in [-0.2, 0) is 0 Å². The number of hydrogen-bond acceptors (Lipinski definition) is 2. The van der Waals surface area contributed by atoms with Crippen LogP contribution in [0, 0.1) is 0 Å². The molecule has 0 heterocycles. The minimum absolute atomic E-state index is 0.553. The summed E-state index contributed by atoms with van der Waals surface area (Å²) in [6.07, 6.45) is 20.6. The lowest BCUT2D eigenvalue weighted by Gasteiger charge is -2.15. The summed E-state index contributed by atoms with van der Waals surface area (Å²) in [5, 5.41) is 0. The summed E-state index contributed by atoms with van der Waals surface area (Å²) in [7, 11) is 0. The van der Waals surface area contributed by atoms with Crippen molar-refractivity contribution in [3.05, 3.63) is 0 Å². The highest BCUT2D eigenvalue weighted by Gasteiger charge is 2.05. The molecule has 0 amide bonds. The van der Waals surface area contributed by atoms with Crippen LogP contribution in [0.15, 0.2) is 0 Å². The van der Waals surface area contributed by atoms with Gasteiger partial charge in [-0.3, -0.25) is 11.3 Å². The van der Waals surface area contributed by atoms with E-state index < -0.39 is 0 Å². The van der Waals surface area contributed by atoms with E-state index in [1.165, 1.54) is 96.3 Å². The molecule has 2 heteroatoms. The molecule has 1 unspecified atom stereocenters. The molecular weight excluding hydrogens is 244 g/mol. The Morgan fingerprint density at radius 1 is 0.600 bits per heavy atom. The average molecular weight is 285 g/mol. The molecule has 2 nitrogen and oxygen atoms in total. The standard InChI is InChI=1S/C18H40N2/c1-3-5-7-9-10-11-13-15-17-18(20-19)16-14-12-8-6-4-2/h18,20H,3-17,19H2,1-2H3. The molecule has 0 aliphatic rings. The van der Waals surface area contributed by atoms with Crippen LogP contribution in [0.2, 0.25) is 0 Å². The minimum Gasteiger partial charge on any atom is -0.271 e. The number of nitrogens with two attached hydrogens (primary N) is 1. The molecule has 0 radical (unpaired) electrons. The molecule has 0 bridgehead atoms. The van der Waals surface area contributed by atoms with Crippen molar-refractivity contribution in [2.45, 2.75) is 116 Å². The van der Waals surface area contributed by atoms with E-state index in [9.17, 15) is 0 Å². The van der Waals surface area contributed by atoms with Crippen molar-refractivity contribution in [1.29, 1.82) is 0 Å². The predicted octanol–water partition coefficient (Wildman–Crippen LogP) is 5.71. The highest BCUT2D eigenvalue weighted by Crippen LogP contribution is 2.14. The molecule has 0 saturated carbocycles.